The predicted molar refractivity (Wildman–Crippen MR) is 134 cm³/mol. The van der Waals surface area contributed by atoms with Crippen LogP contribution in [-0.2, 0) is 14.4 Å². The number of anilines is 2. The van der Waals surface area contributed by atoms with Gasteiger partial charge in [0, 0.05) is 36.3 Å². The molecule has 1 fully saturated rings. The molecule has 2 aliphatic heterocycles. The van der Waals surface area contributed by atoms with E-state index in [9.17, 15) is 28.8 Å². The Morgan fingerprint density at radius 1 is 1.00 bits per heavy atom. The Labute approximate surface area is 212 Å². The van der Waals surface area contributed by atoms with Crippen LogP contribution >= 0.6 is 0 Å². The maximum Gasteiger partial charge on any atom is 0.264 e. The first-order valence-corrected chi connectivity index (χ1v) is 12.0. The molecule has 1 saturated heterocycles. The van der Waals surface area contributed by atoms with Gasteiger partial charge < -0.3 is 16.4 Å². The summed E-state index contributed by atoms with van der Waals surface area (Å²) < 4.78 is 0. The Morgan fingerprint density at radius 3 is 2.54 bits per heavy atom. The fourth-order valence-corrected chi connectivity index (χ4v) is 4.45. The molecule has 1 atom stereocenters. The quantitative estimate of drug-likeness (QED) is 0.282. The molecule has 11 heteroatoms. The van der Waals surface area contributed by atoms with Gasteiger partial charge >= 0.3 is 0 Å². The Balaban J connectivity index is 1.26. The number of carbonyl (C=O) groups is 6. The first-order chi connectivity index (χ1) is 17.8. The number of primary amides is 1. The molecule has 0 radical (unpaired) electrons. The number of hydrogen-bond acceptors (Lipinski definition) is 7. The van der Waals surface area contributed by atoms with E-state index in [1.165, 1.54) is 6.07 Å². The number of rotatable bonds is 10. The minimum Gasteiger partial charge on any atom is -0.384 e. The first-order valence-electron chi connectivity index (χ1n) is 12.0. The number of nitrogens with one attached hydrogen (secondary N) is 3. The molecule has 2 aliphatic rings. The fraction of sp³-hybridized carbons (Fsp3) is 0.308. The van der Waals surface area contributed by atoms with Gasteiger partial charge in [-0.1, -0.05) is 18.6 Å². The lowest BCUT2D eigenvalue weighted by atomic mass is 10.0. The van der Waals surface area contributed by atoms with Gasteiger partial charge in [-0.3, -0.25) is 39.0 Å². The Morgan fingerprint density at radius 2 is 1.78 bits per heavy atom. The van der Waals surface area contributed by atoms with Crippen LogP contribution in [0.1, 0.15) is 69.6 Å². The van der Waals surface area contributed by atoms with Gasteiger partial charge in [0.1, 0.15) is 6.04 Å². The van der Waals surface area contributed by atoms with E-state index in [0.717, 1.165) is 11.3 Å². The van der Waals surface area contributed by atoms with Crippen molar-refractivity contribution in [1.29, 1.82) is 0 Å². The minimum absolute atomic E-state index is 0.0622. The van der Waals surface area contributed by atoms with E-state index in [2.05, 4.69) is 16.0 Å². The van der Waals surface area contributed by atoms with Gasteiger partial charge in [0.25, 0.3) is 11.8 Å². The number of benzene rings is 2. The van der Waals surface area contributed by atoms with E-state index >= 15 is 0 Å². The summed E-state index contributed by atoms with van der Waals surface area (Å²) in [7, 11) is 0. The van der Waals surface area contributed by atoms with Crippen molar-refractivity contribution in [2.75, 3.05) is 17.2 Å². The van der Waals surface area contributed by atoms with Crippen molar-refractivity contribution in [2.45, 2.75) is 44.6 Å². The number of unbranched alkanes of at least 4 members (excludes halogenated alkanes) is 2. The molecule has 2 aromatic carbocycles. The van der Waals surface area contributed by atoms with E-state index in [-0.39, 0.29) is 29.9 Å². The largest absolute Gasteiger partial charge is 0.384 e. The molecule has 0 aromatic heterocycles. The second-order valence-corrected chi connectivity index (χ2v) is 8.91. The molecule has 6 amide bonds. The SMILES string of the molecule is NC(=O)c1cccc(NC(=O)CCCCCNc2cccc3c2C(=O)N(C2CCC(=O)NC2=O)C3=O)c1. The summed E-state index contributed by atoms with van der Waals surface area (Å²) in [5, 5.41) is 8.11. The van der Waals surface area contributed by atoms with E-state index in [4.69, 9.17) is 5.73 Å². The first kappa shape index (κ1) is 25.5. The highest BCUT2D eigenvalue weighted by atomic mass is 16.2. The zero-order valence-corrected chi connectivity index (χ0v) is 20.0. The molecule has 1 unspecified atom stereocenters. The predicted octanol–water partition coefficient (Wildman–Crippen LogP) is 1.80. The van der Waals surface area contributed by atoms with Crippen LogP contribution in [0, 0.1) is 0 Å². The lowest BCUT2D eigenvalue weighted by molar-refractivity contribution is -0.136. The van der Waals surface area contributed by atoms with Gasteiger partial charge in [-0.15, -0.1) is 0 Å². The highest BCUT2D eigenvalue weighted by molar-refractivity contribution is 6.25. The van der Waals surface area contributed by atoms with Crippen molar-refractivity contribution in [3.63, 3.8) is 0 Å². The zero-order chi connectivity index (χ0) is 26.5. The number of nitrogens with zero attached hydrogens (tertiary/aromatic N) is 1. The van der Waals surface area contributed by atoms with Crippen LogP contribution in [0.3, 0.4) is 0 Å². The Hall–Kier alpha value is -4.54. The summed E-state index contributed by atoms with van der Waals surface area (Å²) >= 11 is 0. The van der Waals surface area contributed by atoms with E-state index < -0.39 is 35.6 Å². The lowest BCUT2D eigenvalue weighted by Crippen LogP contribution is -2.54. The summed E-state index contributed by atoms with van der Waals surface area (Å²) in [5.41, 5.74) is 7.01. The Bertz CT molecular complexity index is 1290. The van der Waals surface area contributed by atoms with Crippen LogP contribution in [0.2, 0.25) is 0 Å². The molecule has 0 aliphatic carbocycles. The minimum atomic E-state index is -1.01. The molecule has 2 heterocycles. The molecule has 2 aromatic rings. The highest BCUT2D eigenvalue weighted by Crippen LogP contribution is 2.32. The van der Waals surface area contributed by atoms with Crippen LogP contribution in [-0.4, -0.2) is 52.9 Å². The van der Waals surface area contributed by atoms with Crippen LogP contribution < -0.4 is 21.7 Å². The number of imide groups is 2. The van der Waals surface area contributed by atoms with Gasteiger partial charge in [-0.25, -0.2) is 0 Å². The number of amides is 6. The Kier molecular flexibility index (Phi) is 7.61. The maximum atomic E-state index is 13.1. The number of nitrogens with two attached hydrogens (primary N) is 1. The van der Waals surface area contributed by atoms with Crippen molar-refractivity contribution in [3.05, 3.63) is 59.2 Å². The zero-order valence-electron chi connectivity index (χ0n) is 20.0. The summed E-state index contributed by atoms with van der Waals surface area (Å²) in [6.45, 7) is 0.513. The van der Waals surface area contributed by atoms with Crippen molar-refractivity contribution < 1.29 is 28.8 Å². The maximum absolute atomic E-state index is 13.1. The van der Waals surface area contributed by atoms with Gasteiger partial charge in [-0.2, -0.15) is 0 Å². The molecule has 11 nitrogen and oxygen atoms in total. The summed E-state index contributed by atoms with van der Waals surface area (Å²) in [4.78, 5) is 74.1. The average Bonchev–Trinajstić information content (AvgIpc) is 3.12. The summed E-state index contributed by atoms with van der Waals surface area (Å²) in [5.74, 6) is -2.92. The second kappa shape index (κ2) is 11.0. The molecule has 0 saturated carbocycles. The number of piperidine rings is 1. The average molecular weight is 506 g/mol. The summed E-state index contributed by atoms with van der Waals surface area (Å²) in [6, 6.07) is 10.3. The third-order valence-electron chi connectivity index (χ3n) is 6.30. The van der Waals surface area contributed by atoms with Crippen LogP contribution in [0.15, 0.2) is 42.5 Å². The van der Waals surface area contributed by atoms with Crippen LogP contribution in [0.25, 0.3) is 0 Å². The van der Waals surface area contributed by atoms with Gasteiger partial charge in [0.2, 0.25) is 23.6 Å². The summed E-state index contributed by atoms with van der Waals surface area (Å²) in [6.07, 6.45) is 2.56. The highest BCUT2D eigenvalue weighted by Gasteiger charge is 2.45. The number of hydrogen-bond donors (Lipinski definition) is 4. The third-order valence-corrected chi connectivity index (χ3v) is 6.30. The molecule has 37 heavy (non-hydrogen) atoms. The fourth-order valence-electron chi connectivity index (χ4n) is 4.45. The smallest absolute Gasteiger partial charge is 0.264 e. The van der Waals surface area contributed by atoms with Crippen molar-refractivity contribution in [3.8, 4) is 0 Å². The standard InChI is InChI=1S/C26H27N5O6/c27-23(34)15-6-4-7-16(14-15)29-20(32)10-2-1-3-13-28-18-9-5-8-17-22(18)26(37)31(25(17)36)19-11-12-21(33)30-24(19)35/h4-9,14,19,28H,1-3,10-13H2,(H2,27,34)(H,29,32)(H,30,33,35). The van der Waals surface area contributed by atoms with Crippen molar-refractivity contribution in [2.24, 2.45) is 5.73 Å². The molecule has 5 N–H and O–H groups in total. The molecule has 192 valence electrons. The molecule has 0 spiro atoms. The van der Waals surface area contributed by atoms with Crippen LogP contribution in [0.5, 0.6) is 0 Å². The van der Waals surface area contributed by atoms with Gasteiger partial charge in [0.05, 0.1) is 11.1 Å². The van der Waals surface area contributed by atoms with E-state index in [0.29, 0.717) is 42.7 Å². The number of fused-ring (bicyclic) bond motifs is 1. The molecule has 4 rings (SSSR count). The lowest BCUT2D eigenvalue weighted by Gasteiger charge is -2.27. The van der Waals surface area contributed by atoms with Gasteiger partial charge in [0.15, 0.2) is 0 Å². The van der Waals surface area contributed by atoms with Crippen LogP contribution in [0.4, 0.5) is 11.4 Å². The van der Waals surface area contributed by atoms with Crippen molar-refractivity contribution >= 4 is 46.8 Å². The normalized spacial score (nSPS) is 16.9. The molecular formula is C26H27N5O6. The monoisotopic (exact) mass is 505 g/mol. The van der Waals surface area contributed by atoms with E-state index in [1.54, 1.807) is 36.4 Å². The van der Waals surface area contributed by atoms with Crippen molar-refractivity contribution in [1.82, 2.24) is 10.2 Å². The second-order valence-electron chi connectivity index (χ2n) is 8.91. The molecule has 0 bridgehead atoms. The topological polar surface area (TPSA) is 168 Å². The number of carbonyl (C=O) groups excluding carboxylic acids is 6. The van der Waals surface area contributed by atoms with E-state index in [1.807, 2.05) is 0 Å². The van der Waals surface area contributed by atoms with Gasteiger partial charge in [-0.05, 0) is 49.6 Å². The third kappa shape index (κ3) is 5.66. The molecular weight excluding hydrogens is 478 g/mol.